The Kier molecular flexibility index (Phi) is 18.9. The van der Waals surface area contributed by atoms with E-state index in [-0.39, 0.29) is 46.5 Å². The first-order chi connectivity index (χ1) is 36.0. The largest absolute Gasteiger partial charge is 0.394 e. The fourth-order valence-electron chi connectivity index (χ4n) is 15.6. The molecule has 0 radical (unpaired) electrons. The molecule has 23 heteroatoms. The summed E-state index contributed by atoms with van der Waals surface area (Å²) in [5, 5.41) is 159. The molecule has 77 heavy (non-hydrogen) atoms. The van der Waals surface area contributed by atoms with E-state index in [2.05, 4.69) is 47.6 Å². The number of rotatable bonds is 17. The van der Waals surface area contributed by atoms with Crippen LogP contribution >= 0.6 is 0 Å². The first-order valence-corrected chi connectivity index (χ1v) is 27.9. The van der Waals surface area contributed by atoms with Gasteiger partial charge in [0.05, 0.1) is 44.2 Å². The molecule has 0 aromatic carbocycles. The first kappa shape index (κ1) is 61.9. The molecular formula is C54H92O23. The summed E-state index contributed by atoms with van der Waals surface area (Å²) < 4.78 is 47.9. The summed E-state index contributed by atoms with van der Waals surface area (Å²) in [6.45, 7) is 14.4. The Morgan fingerprint density at radius 1 is 0.571 bits per heavy atom. The van der Waals surface area contributed by atoms with Gasteiger partial charge < -0.3 is 114 Å². The van der Waals surface area contributed by atoms with E-state index in [0.717, 1.165) is 38.5 Å². The Morgan fingerprint density at radius 3 is 1.62 bits per heavy atom. The average molecular weight is 1110 g/mol. The summed E-state index contributed by atoms with van der Waals surface area (Å²) in [7, 11) is 0. The highest BCUT2D eigenvalue weighted by atomic mass is 16.8. The quantitative estimate of drug-likeness (QED) is 0.0687. The highest BCUT2D eigenvalue weighted by molar-refractivity contribution is 5.30. The van der Waals surface area contributed by atoms with E-state index in [9.17, 15) is 76.6 Å². The standard InChI is InChI=1S/C54H92O23/c1-23(24-15-16-54(8)31-12-10-25-26(52(31,6)17-18-53(24,54)7)11-14-32(50(25,2)3)75-47-43(67)39(63)35(59)28(20-56)72-47)9-13-33(51(4,5)69)76-49-45(77-48-44(68)40(64)36(60)29(21-57)73-48)41(65)37(61)30(74-49)22-70-46-42(66)38(62)34(58)27(19-55)71-46/h10,23-24,26-49,55-69H,9,11-22H2,1-8H3/t23-,24?,26?,27-,28-,29-,30-,31?,32+,33-,34-,35-,36-,37-,38+,39+,40+,41+,42-,43-,44-,45-,46+,47+,48+,49+,52+,53-,54+/m1/s1. The van der Waals surface area contributed by atoms with Gasteiger partial charge in [-0.15, -0.1) is 0 Å². The average Bonchev–Trinajstić information content (AvgIpc) is 3.69. The van der Waals surface area contributed by atoms with E-state index in [4.69, 9.17) is 37.9 Å². The van der Waals surface area contributed by atoms with Gasteiger partial charge in [-0.25, -0.2) is 0 Å². The van der Waals surface area contributed by atoms with Crippen LogP contribution in [0.2, 0.25) is 0 Å². The zero-order chi connectivity index (χ0) is 56.6. The smallest absolute Gasteiger partial charge is 0.187 e. The van der Waals surface area contributed by atoms with Crippen molar-refractivity contribution in [3.63, 3.8) is 0 Å². The van der Waals surface area contributed by atoms with Crippen LogP contribution in [0.3, 0.4) is 0 Å². The molecule has 4 saturated heterocycles. The van der Waals surface area contributed by atoms with Crippen LogP contribution in [0.15, 0.2) is 11.6 Å². The summed E-state index contributed by atoms with van der Waals surface area (Å²) >= 11 is 0. The van der Waals surface area contributed by atoms with Crippen LogP contribution in [-0.2, 0) is 37.9 Å². The molecule has 0 aromatic heterocycles. The zero-order valence-corrected chi connectivity index (χ0v) is 45.8. The van der Waals surface area contributed by atoms with Gasteiger partial charge in [-0.2, -0.15) is 0 Å². The van der Waals surface area contributed by atoms with Gasteiger partial charge in [0, 0.05) is 5.41 Å². The highest BCUT2D eigenvalue weighted by Crippen LogP contribution is 2.75. The fourth-order valence-corrected chi connectivity index (χ4v) is 15.6. The number of aliphatic hydroxyl groups excluding tert-OH is 14. The number of fused-ring (bicyclic) bond motifs is 5. The molecule has 8 aliphatic rings. The number of allylic oxidation sites excluding steroid dienone is 1. The van der Waals surface area contributed by atoms with Crippen molar-refractivity contribution in [3.8, 4) is 0 Å². The highest BCUT2D eigenvalue weighted by Gasteiger charge is 2.68. The molecular weight excluding hydrogens is 1020 g/mol. The van der Waals surface area contributed by atoms with Gasteiger partial charge in [0.1, 0.15) is 97.7 Å². The Balaban J connectivity index is 0.973. The van der Waals surface area contributed by atoms with Crippen molar-refractivity contribution >= 4 is 0 Å². The molecule has 0 amide bonds. The lowest BCUT2D eigenvalue weighted by Crippen LogP contribution is -2.65. The second-order valence-corrected chi connectivity index (χ2v) is 25.8. The Morgan fingerprint density at radius 2 is 1.08 bits per heavy atom. The predicted molar refractivity (Wildman–Crippen MR) is 266 cm³/mol. The molecule has 8 rings (SSSR count). The van der Waals surface area contributed by atoms with Gasteiger partial charge in [0.15, 0.2) is 25.2 Å². The van der Waals surface area contributed by atoms with E-state index >= 15 is 0 Å². The van der Waals surface area contributed by atoms with E-state index in [1.165, 1.54) is 5.57 Å². The minimum Gasteiger partial charge on any atom is -0.394 e. The predicted octanol–water partition coefficient (Wildman–Crippen LogP) is -2.20. The number of hydrogen-bond acceptors (Lipinski definition) is 23. The number of aliphatic hydroxyl groups is 15. The lowest BCUT2D eigenvalue weighted by Gasteiger charge is -2.66. The monoisotopic (exact) mass is 1110 g/mol. The maximum Gasteiger partial charge on any atom is 0.187 e. The third-order valence-corrected chi connectivity index (χ3v) is 20.7. The van der Waals surface area contributed by atoms with Gasteiger partial charge in [-0.1, -0.05) is 53.2 Å². The van der Waals surface area contributed by atoms with Crippen LogP contribution in [0.5, 0.6) is 0 Å². The summed E-state index contributed by atoms with van der Waals surface area (Å²) in [5.74, 6) is 1.07. The van der Waals surface area contributed by atoms with Crippen molar-refractivity contribution < 1.29 is 114 Å². The normalized spacial score (nSPS) is 51.0. The molecule has 0 aromatic rings. The van der Waals surface area contributed by atoms with Crippen molar-refractivity contribution in [2.75, 3.05) is 26.4 Å². The Labute approximate surface area is 450 Å². The molecule has 7 fully saturated rings. The van der Waals surface area contributed by atoms with Crippen LogP contribution in [-0.4, -0.2) is 244 Å². The van der Waals surface area contributed by atoms with Crippen molar-refractivity contribution in [2.24, 2.45) is 45.3 Å². The molecule has 4 heterocycles. The lowest BCUT2D eigenvalue weighted by atomic mass is 9.39. The summed E-state index contributed by atoms with van der Waals surface area (Å²) in [5.41, 5.74) is -0.793. The maximum atomic E-state index is 11.8. The second kappa shape index (κ2) is 23.5. The third kappa shape index (κ3) is 11.1. The molecule has 0 spiro atoms. The van der Waals surface area contributed by atoms with Crippen LogP contribution in [0.1, 0.15) is 113 Å². The Hall–Kier alpha value is -1.18. The summed E-state index contributed by atoms with van der Waals surface area (Å²) in [6.07, 6.45) is -23.9. The van der Waals surface area contributed by atoms with Crippen molar-refractivity contribution in [2.45, 2.75) is 254 Å². The van der Waals surface area contributed by atoms with Crippen LogP contribution in [0.4, 0.5) is 0 Å². The topological polar surface area (TPSA) is 377 Å². The van der Waals surface area contributed by atoms with E-state index in [1.807, 2.05) is 0 Å². The van der Waals surface area contributed by atoms with Crippen molar-refractivity contribution in [1.82, 2.24) is 0 Å². The minimum absolute atomic E-state index is 0.0220. The fraction of sp³-hybridized carbons (Fsp3) is 0.963. The SMILES string of the molecule is C[C@H](CC[C@@H](O[C@@H]1O[C@H](CO[C@H]2O[C@H](CO)[C@@H](O)[C@H](O)[C@H]2O)[C@@H](O)[C@H](O)[C@H]1O[C@@H]1O[C@H](CO)[C@@H](O)[C@H](O)[C@H]1O)C(C)(C)O)C1CC[C@@]2(C)C3CC=C4C(CC[C@H](O[C@@H]5O[C@H](CO)[C@@H](O)[C@H](O)[C@H]5O)C4(C)C)[C@]3(C)CC[C@]12C. The molecule has 15 N–H and O–H groups in total. The molecule has 4 aliphatic heterocycles. The van der Waals surface area contributed by atoms with Gasteiger partial charge in [-0.05, 0) is 112 Å². The minimum atomic E-state index is -1.91. The zero-order valence-electron chi connectivity index (χ0n) is 45.8. The van der Waals surface area contributed by atoms with Crippen molar-refractivity contribution in [3.05, 3.63) is 11.6 Å². The summed E-state index contributed by atoms with van der Waals surface area (Å²) in [6, 6.07) is 0. The molecule has 23 nitrogen and oxygen atoms in total. The Bertz CT molecular complexity index is 1990. The molecule has 3 saturated carbocycles. The van der Waals surface area contributed by atoms with Gasteiger partial charge in [0.2, 0.25) is 0 Å². The second-order valence-electron chi connectivity index (χ2n) is 25.8. The van der Waals surface area contributed by atoms with Gasteiger partial charge in [-0.3, -0.25) is 0 Å². The van der Waals surface area contributed by atoms with Crippen LogP contribution in [0.25, 0.3) is 0 Å². The molecule has 29 atom stereocenters. The van der Waals surface area contributed by atoms with Gasteiger partial charge >= 0.3 is 0 Å². The molecule has 0 bridgehead atoms. The van der Waals surface area contributed by atoms with E-state index < -0.39 is 166 Å². The van der Waals surface area contributed by atoms with Crippen LogP contribution in [0, 0.1) is 45.3 Å². The van der Waals surface area contributed by atoms with E-state index in [1.54, 1.807) is 13.8 Å². The number of hydrogen-bond donors (Lipinski definition) is 15. The maximum absolute atomic E-state index is 11.8. The van der Waals surface area contributed by atoms with Crippen molar-refractivity contribution in [1.29, 1.82) is 0 Å². The third-order valence-electron chi connectivity index (χ3n) is 20.7. The molecule has 446 valence electrons. The molecule has 3 unspecified atom stereocenters. The molecule has 4 aliphatic carbocycles. The summed E-state index contributed by atoms with van der Waals surface area (Å²) in [4.78, 5) is 0. The van der Waals surface area contributed by atoms with E-state index in [0.29, 0.717) is 18.8 Å². The first-order valence-electron chi connectivity index (χ1n) is 27.9. The van der Waals surface area contributed by atoms with Gasteiger partial charge in [0.25, 0.3) is 0 Å². The van der Waals surface area contributed by atoms with Crippen LogP contribution < -0.4 is 0 Å². The number of ether oxygens (including phenoxy) is 8. The lowest BCUT2D eigenvalue weighted by molar-refractivity contribution is -0.380.